The first-order valence-corrected chi connectivity index (χ1v) is 9.45. The molecule has 0 aromatic heterocycles. The number of nitrogens with one attached hydrogen (secondary N) is 2. The number of rotatable bonds is 8. The predicted octanol–water partition coefficient (Wildman–Crippen LogP) is 1.56. The van der Waals surface area contributed by atoms with E-state index in [1.807, 2.05) is 24.3 Å². The molecule has 1 fully saturated rings. The first-order chi connectivity index (χ1) is 13.1. The Hall–Kier alpha value is -2.41. The molecule has 1 unspecified atom stereocenters. The highest BCUT2D eigenvalue weighted by atomic mass is 16.3. The molecule has 3 rings (SSSR count). The van der Waals surface area contributed by atoms with Gasteiger partial charge in [-0.25, -0.2) is 0 Å². The summed E-state index contributed by atoms with van der Waals surface area (Å²) in [5.74, 6) is 0.0630. The fourth-order valence-corrected chi connectivity index (χ4v) is 3.34. The Kier molecular flexibility index (Phi) is 6.81. The molecule has 0 bridgehead atoms. The van der Waals surface area contributed by atoms with Crippen LogP contribution in [0.15, 0.2) is 54.6 Å². The summed E-state index contributed by atoms with van der Waals surface area (Å²) in [6.45, 7) is 6.20. The van der Waals surface area contributed by atoms with E-state index in [0.717, 1.165) is 38.4 Å². The summed E-state index contributed by atoms with van der Waals surface area (Å²) in [4.78, 5) is 4.79. The number of anilines is 1. The lowest BCUT2D eigenvalue weighted by Gasteiger charge is -2.35. The zero-order valence-corrected chi connectivity index (χ0v) is 15.6. The van der Waals surface area contributed by atoms with Crippen LogP contribution in [0, 0.1) is 5.41 Å². The van der Waals surface area contributed by atoms with Crippen LogP contribution in [0.4, 0.5) is 5.69 Å². The van der Waals surface area contributed by atoms with Gasteiger partial charge in [0.05, 0.1) is 6.10 Å². The summed E-state index contributed by atoms with van der Waals surface area (Å²) in [7, 11) is 0. The predicted molar refractivity (Wildman–Crippen MR) is 110 cm³/mol. The molecule has 6 nitrogen and oxygen atoms in total. The second-order valence-corrected chi connectivity index (χ2v) is 7.09. The van der Waals surface area contributed by atoms with Gasteiger partial charge in [0.1, 0.15) is 5.84 Å². The highest BCUT2D eigenvalue weighted by Gasteiger charge is 2.19. The monoisotopic (exact) mass is 367 g/mol. The van der Waals surface area contributed by atoms with Crippen LogP contribution in [0.2, 0.25) is 0 Å². The molecule has 0 saturated carbocycles. The third-order valence-corrected chi connectivity index (χ3v) is 4.92. The van der Waals surface area contributed by atoms with Gasteiger partial charge in [-0.2, -0.15) is 0 Å². The molecule has 144 valence electrons. The minimum atomic E-state index is -0.418. The SMILES string of the molecule is N=C(N)c1ccc(NCC(O)CN2CCN(Cc3ccccc3)CC2)cc1. The van der Waals surface area contributed by atoms with Crippen molar-refractivity contribution in [3.8, 4) is 0 Å². The second-order valence-electron chi connectivity index (χ2n) is 7.09. The fourth-order valence-electron chi connectivity index (χ4n) is 3.34. The minimum absolute atomic E-state index is 0.0630. The normalized spacial score (nSPS) is 16.8. The van der Waals surface area contributed by atoms with Crippen molar-refractivity contribution in [3.05, 3.63) is 65.7 Å². The number of aliphatic hydroxyl groups is 1. The lowest BCUT2D eigenvalue weighted by Crippen LogP contribution is -2.48. The van der Waals surface area contributed by atoms with Crippen molar-refractivity contribution in [3.63, 3.8) is 0 Å². The highest BCUT2D eigenvalue weighted by molar-refractivity contribution is 5.95. The van der Waals surface area contributed by atoms with Gasteiger partial charge < -0.3 is 16.2 Å². The largest absolute Gasteiger partial charge is 0.390 e. The summed E-state index contributed by atoms with van der Waals surface area (Å²) >= 11 is 0. The Morgan fingerprint density at radius 3 is 2.26 bits per heavy atom. The van der Waals surface area contributed by atoms with E-state index in [-0.39, 0.29) is 5.84 Å². The van der Waals surface area contributed by atoms with Crippen molar-refractivity contribution in [1.29, 1.82) is 5.41 Å². The molecular weight excluding hydrogens is 338 g/mol. The molecule has 6 heteroatoms. The van der Waals surface area contributed by atoms with Crippen molar-refractivity contribution >= 4 is 11.5 Å². The number of nitrogens with two attached hydrogens (primary N) is 1. The van der Waals surface area contributed by atoms with Gasteiger partial charge in [-0.3, -0.25) is 15.2 Å². The quantitative estimate of drug-likeness (QED) is 0.420. The molecule has 0 aliphatic carbocycles. The van der Waals surface area contributed by atoms with Crippen LogP contribution in [-0.2, 0) is 6.54 Å². The molecule has 0 amide bonds. The van der Waals surface area contributed by atoms with Gasteiger partial charge in [0, 0.05) is 57.1 Å². The Balaban J connectivity index is 1.36. The van der Waals surface area contributed by atoms with E-state index < -0.39 is 6.10 Å². The highest BCUT2D eigenvalue weighted by Crippen LogP contribution is 2.11. The van der Waals surface area contributed by atoms with Gasteiger partial charge in [-0.1, -0.05) is 30.3 Å². The van der Waals surface area contributed by atoms with Gasteiger partial charge >= 0.3 is 0 Å². The van der Waals surface area contributed by atoms with Crippen LogP contribution in [-0.4, -0.2) is 66.1 Å². The standard InChI is InChI=1S/C21H29N5O/c22-21(23)18-6-8-19(9-7-18)24-14-20(27)16-26-12-10-25(11-13-26)15-17-4-2-1-3-5-17/h1-9,20,24,27H,10-16H2,(H3,22,23). The zero-order chi connectivity index (χ0) is 19.1. The summed E-state index contributed by atoms with van der Waals surface area (Å²) in [6, 6.07) is 17.9. The van der Waals surface area contributed by atoms with Crippen LogP contribution in [0.1, 0.15) is 11.1 Å². The number of piperazine rings is 1. The maximum Gasteiger partial charge on any atom is 0.122 e. The van der Waals surface area contributed by atoms with Crippen molar-refractivity contribution < 1.29 is 5.11 Å². The lowest BCUT2D eigenvalue weighted by molar-refractivity contribution is 0.0756. The first-order valence-electron chi connectivity index (χ1n) is 9.45. The maximum absolute atomic E-state index is 10.3. The molecular formula is C21H29N5O. The molecule has 5 N–H and O–H groups in total. The molecule has 27 heavy (non-hydrogen) atoms. The van der Waals surface area contributed by atoms with Gasteiger partial charge in [-0.05, 0) is 29.8 Å². The Morgan fingerprint density at radius 1 is 1.00 bits per heavy atom. The van der Waals surface area contributed by atoms with Gasteiger partial charge in [0.25, 0.3) is 0 Å². The number of β-amino-alcohol motifs (C(OH)–C–C–N with tert-alkyl or cyclic N) is 1. The van der Waals surface area contributed by atoms with E-state index in [1.165, 1.54) is 5.56 Å². The van der Waals surface area contributed by atoms with E-state index >= 15 is 0 Å². The summed E-state index contributed by atoms with van der Waals surface area (Å²) < 4.78 is 0. The van der Waals surface area contributed by atoms with E-state index in [1.54, 1.807) is 0 Å². The number of hydrogen-bond acceptors (Lipinski definition) is 5. The number of aliphatic hydroxyl groups excluding tert-OH is 1. The number of hydrogen-bond donors (Lipinski definition) is 4. The fraction of sp³-hybridized carbons (Fsp3) is 0.381. The molecule has 0 radical (unpaired) electrons. The summed E-state index contributed by atoms with van der Waals surface area (Å²) in [6.07, 6.45) is -0.418. The van der Waals surface area contributed by atoms with Crippen molar-refractivity contribution in [2.45, 2.75) is 12.6 Å². The molecule has 1 aliphatic rings. The molecule has 1 saturated heterocycles. The van der Waals surface area contributed by atoms with Gasteiger partial charge in [-0.15, -0.1) is 0 Å². The maximum atomic E-state index is 10.3. The lowest BCUT2D eigenvalue weighted by atomic mass is 10.2. The Labute approximate surface area is 161 Å². The molecule has 1 heterocycles. The Morgan fingerprint density at radius 2 is 1.63 bits per heavy atom. The van der Waals surface area contributed by atoms with E-state index in [2.05, 4.69) is 45.4 Å². The zero-order valence-electron chi connectivity index (χ0n) is 15.6. The van der Waals surface area contributed by atoms with Crippen molar-refractivity contribution in [1.82, 2.24) is 9.80 Å². The van der Waals surface area contributed by atoms with Gasteiger partial charge in [0.15, 0.2) is 0 Å². The first kappa shape index (κ1) is 19.4. The van der Waals surface area contributed by atoms with Crippen LogP contribution < -0.4 is 11.1 Å². The number of amidine groups is 1. The summed E-state index contributed by atoms with van der Waals surface area (Å²) in [5.41, 5.74) is 8.44. The van der Waals surface area contributed by atoms with E-state index in [0.29, 0.717) is 18.7 Å². The van der Waals surface area contributed by atoms with Crippen LogP contribution in [0.3, 0.4) is 0 Å². The number of nitrogen functional groups attached to an aromatic ring is 1. The second kappa shape index (κ2) is 9.50. The number of benzene rings is 2. The molecule has 2 aromatic carbocycles. The van der Waals surface area contributed by atoms with Crippen LogP contribution in [0.25, 0.3) is 0 Å². The molecule has 1 aliphatic heterocycles. The van der Waals surface area contributed by atoms with Crippen LogP contribution in [0.5, 0.6) is 0 Å². The van der Waals surface area contributed by atoms with Crippen molar-refractivity contribution in [2.75, 3.05) is 44.6 Å². The van der Waals surface area contributed by atoms with Gasteiger partial charge in [0.2, 0.25) is 0 Å². The topological polar surface area (TPSA) is 88.6 Å². The average Bonchev–Trinajstić information content (AvgIpc) is 2.69. The third kappa shape index (κ3) is 6.06. The van der Waals surface area contributed by atoms with E-state index in [9.17, 15) is 5.11 Å². The molecule has 0 spiro atoms. The number of nitrogens with zero attached hydrogens (tertiary/aromatic N) is 2. The molecule has 2 aromatic rings. The smallest absolute Gasteiger partial charge is 0.122 e. The third-order valence-electron chi connectivity index (χ3n) is 4.92. The van der Waals surface area contributed by atoms with E-state index in [4.69, 9.17) is 11.1 Å². The average molecular weight is 367 g/mol. The summed E-state index contributed by atoms with van der Waals surface area (Å²) in [5, 5.41) is 21.0. The minimum Gasteiger partial charge on any atom is -0.390 e. The van der Waals surface area contributed by atoms with Crippen molar-refractivity contribution in [2.24, 2.45) is 5.73 Å². The van der Waals surface area contributed by atoms with Crippen LogP contribution >= 0.6 is 0 Å². The molecule has 1 atom stereocenters. The Bertz CT molecular complexity index is 711.